The molecular formula is C17H22ClN3O2. The molecule has 124 valence electrons. The predicted octanol–water partition coefficient (Wildman–Crippen LogP) is 3.15. The number of carbonyl (C=O) groups excluding carboxylic acids is 1. The van der Waals surface area contributed by atoms with Gasteiger partial charge in [0.15, 0.2) is 0 Å². The highest BCUT2D eigenvalue weighted by molar-refractivity contribution is 6.30. The van der Waals surface area contributed by atoms with E-state index >= 15 is 0 Å². The molecule has 0 radical (unpaired) electrons. The Hall–Kier alpha value is -1.85. The number of nitrogens with one attached hydrogen (secondary N) is 1. The van der Waals surface area contributed by atoms with Crippen molar-refractivity contribution < 1.29 is 9.53 Å². The summed E-state index contributed by atoms with van der Waals surface area (Å²) in [4.78, 5) is 16.0. The summed E-state index contributed by atoms with van der Waals surface area (Å²) in [5.41, 5.74) is 0.224. The second-order valence-corrected chi connectivity index (χ2v) is 6.48. The molecule has 1 aromatic heterocycles. The van der Waals surface area contributed by atoms with Gasteiger partial charge in [0.05, 0.1) is 11.9 Å². The van der Waals surface area contributed by atoms with E-state index in [9.17, 15) is 4.79 Å². The Bertz CT molecular complexity index is 609. The maximum absolute atomic E-state index is 12.0. The molecule has 0 aliphatic carbocycles. The zero-order valence-electron chi connectivity index (χ0n) is 13.5. The molecule has 1 N–H and O–H groups in total. The molecule has 0 saturated heterocycles. The fraction of sp³-hybridized carbons (Fsp3) is 0.412. The number of ether oxygens (including phenoxy) is 1. The van der Waals surface area contributed by atoms with Crippen LogP contribution in [0.2, 0.25) is 5.02 Å². The van der Waals surface area contributed by atoms with Crippen LogP contribution in [0.15, 0.2) is 43.0 Å². The zero-order chi connectivity index (χ0) is 16.7. The van der Waals surface area contributed by atoms with Gasteiger partial charge in [-0.3, -0.25) is 0 Å². The van der Waals surface area contributed by atoms with Gasteiger partial charge >= 0.3 is 5.97 Å². The predicted molar refractivity (Wildman–Crippen MR) is 90.7 cm³/mol. The first-order chi connectivity index (χ1) is 11.0. The lowest BCUT2D eigenvalue weighted by Gasteiger charge is -2.26. The van der Waals surface area contributed by atoms with E-state index in [0.29, 0.717) is 17.2 Å². The summed E-state index contributed by atoms with van der Waals surface area (Å²) in [6.45, 7) is 6.08. The molecule has 1 aromatic carbocycles. The van der Waals surface area contributed by atoms with Crippen molar-refractivity contribution in [3.8, 4) is 0 Å². The molecule has 0 bridgehead atoms. The van der Waals surface area contributed by atoms with Gasteiger partial charge in [-0.15, -0.1) is 0 Å². The van der Waals surface area contributed by atoms with Gasteiger partial charge in [-0.1, -0.05) is 11.6 Å². The van der Waals surface area contributed by atoms with Crippen LogP contribution in [0.25, 0.3) is 0 Å². The highest BCUT2D eigenvalue weighted by Crippen LogP contribution is 2.11. The molecule has 23 heavy (non-hydrogen) atoms. The van der Waals surface area contributed by atoms with Gasteiger partial charge in [0.1, 0.15) is 6.61 Å². The quantitative estimate of drug-likeness (QED) is 0.594. The van der Waals surface area contributed by atoms with E-state index in [1.165, 1.54) is 0 Å². The first-order valence-corrected chi connectivity index (χ1v) is 7.97. The lowest BCUT2D eigenvalue weighted by molar-refractivity contribution is 0.0400. The monoisotopic (exact) mass is 335 g/mol. The number of halogens is 1. The Balaban J connectivity index is 1.70. The molecule has 0 spiro atoms. The van der Waals surface area contributed by atoms with Gasteiger partial charge in [0.25, 0.3) is 0 Å². The fourth-order valence-corrected chi connectivity index (χ4v) is 2.20. The minimum absolute atomic E-state index is 0.281. The highest BCUT2D eigenvalue weighted by Gasteiger charge is 2.19. The van der Waals surface area contributed by atoms with Gasteiger partial charge in [-0.2, -0.15) is 0 Å². The molecule has 0 unspecified atom stereocenters. The largest absolute Gasteiger partial charge is 0.460 e. The number of hydrogen-bond acceptors (Lipinski definition) is 4. The van der Waals surface area contributed by atoms with Crippen molar-refractivity contribution in [1.29, 1.82) is 0 Å². The van der Waals surface area contributed by atoms with Crippen LogP contribution in [-0.4, -0.2) is 34.2 Å². The fourth-order valence-electron chi connectivity index (χ4n) is 2.07. The number of esters is 1. The lowest BCUT2D eigenvalue weighted by atomic mass is 10.1. The number of nitrogens with zero attached hydrogens (tertiary/aromatic N) is 2. The molecule has 6 heteroatoms. The first-order valence-electron chi connectivity index (χ1n) is 7.60. The second-order valence-electron chi connectivity index (χ2n) is 6.05. The standard InChI is InChI=1S/C17H22ClN3O2/c1-17(2,20-8-3-10-21-11-9-19-13-21)12-23-16(22)14-4-6-15(18)7-5-14/h4-7,9,11,13,20H,3,8,10,12H2,1-2H3. The Labute approximate surface area is 141 Å². The molecule has 5 nitrogen and oxygen atoms in total. The van der Waals surface area contributed by atoms with Crippen LogP contribution in [0.3, 0.4) is 0 Å². The molecule has 2 aromatic rings. The molecular weight excluding hydrogens is 314 g/mol. The van der Waals surface area contributed by atoms with Crippen LogP contribution in [-0.2, 0) is 11.3 Å². The maximum Gasteiger partial charge on any atom is 0.338 e. The minimum Gasteiger partial charge on any atom is -0.460 e. The number of hydrogen-bond donors (Lipinski definition) is 1. The number of aromatic nitrogens is 2. The van der Waals surface area contributed by atoms with Crippen molar-refractivity contribution in [3.63, 3.8) is 0 Å². The van der Waals surface area contributed by atoms with Crippen LogP contribution in [0.4, 0.5) is 0 Å². The molecule has 0 fully saturated rings. The average Bonchev–Trinajstić information content (AvgIpc) is 3.03. The molecule has 0 atom stereocenters. The minimum atomic E-state index is -0.338. The number of imidazole rings is 1. The number of carbonyl (C=O) groups is 1. The number of aryl methyl sites for hydroxylation is 1. The van der Waals surface area contributed by atoms with Crippen molar-refractivity contribution >= 4 is 17.6 Å². The normalized spacial score (nSPS) is 11.4. The van der Waals surface area contributed by atoms with Crippen molar-refractivity contribution in [2.75, 3.05) is 13.2 Å². The molecule has 0 aliphatic rings. The van der Waals surface area contributed by atoms with Gasteiger partial charge < -0.3 is 14.6 Å². The van der Waals surface area contributed by atoms with E-state index in [1.807, 2.05) is 24.6 Å². The SMILES string of the molecule is CC(C)(COC(=O)c1ccc(Cl)cc1)NCCCn1ccnc1. The smallest absolute Gasteiger partial charge is 0.338 e. The molecule has 2 rings (SSSR count). The third-order valence-electron chi connectivity index (χ3n) is 3.40. The van der Waals surface area contributed by atoms with E-state index in [2.05, 4.69) is 10.3 Å². The Kier molecular flexibility index (Phi) is 6.19. The summed E-state index contributed by atoms with van der Waals surface area (Å²) in [6, 6.07) is 6.68. The molecule has 1 heterocycles. The zero-order valence-corrected chi connectivity index (χ0v) is 14.2. The molecule has 0 saturated carbocycles. The van der Waals surface area contributed by atoms with Crippen LogP contribution in [0, 0.1) is 0 Å². The summed E-state index contributed by atoms with van der Waals surface area (Å²) >= 11 is 5.81. The summed E-state index contributed by atoms with van der Waals surface area (Å²) < 4.78 is 7.41. The maximum atomic E-state index is 12.0. The van der Waals surface area contributed by atoms with Crippen LogP contribution >= 0.6 is 11.6 Å². The average molecular weight is 336 g/mol. The van der Waals surface area contributed by atoms with Crippen LogP contribution in [0.5, 0.6) is 0 Å². The van der Waals surface area contributed by atoms with E-state index < -0.39 is 0 Å². The van der Waals surface area contributed by atoms with E-state index in [1.54, 1.807) is 36.8 Å². The summed E-state index contributed by atoms with van der Waals surface area (Å²) in [5, 5.41) is 4.00. The number of rotatable bonds is 8. The van der Waals surface area contributed by atoms with Crippen molar-refractivity contribution in [2.24, 2.45) is 0 Å². The van der Waals surface area contributed by atoms with Crippen molar-refractivity contribution in [1.82, 2.24) is 14.9 Å². The molecule has 0 aliphatic heterocycles. The number of benzene rings is 1. The lowest BCUT2D eigenvalue weighted by Crippen LogP contribution is -2.44. The molecule has 0 amide bonds. The summed E-state index contributed by atoms with van der Waals surface area (Å²) in [7, 11) is 0. The topological polar surface area (TPSA) is 56.1 Å². The van der Waals surface area contributed by atoms with E-state index in [-0.39, 0.29) is 11.5 Å². The van der Waals surface area contributed by atoms with Gasteiger partial charge in [-0.05, 0) is 51.1 Å². The Morgan fingerprint density at radius 1 is 1.35 bits per heavy atom. The Morgan fingerprint density at radius 2 is 2.09 bits per heavy atom. The van der Waals surface area contributed by atoms with Gasteiger partial charge in [0.2, 0.25) is 0 Å². The Morgan fingerprint density at radius 3 is 2.74 bits per heavy atom. The third-order valence-corrected chi connectivity index (χ3v) is 3.65. The van der Waals surface area contributed by atoms with Crippen LogP contribution < -0.4 is 5.32 Å². The highest BCUT2D eigenvalue weighted by atomic mass is 35.5. The summed E-state index contributed by atoms with van der Waals surface area (Å²) in [5.74, 6) is -0.338. The first kappa shape index (κ1) is 17.5. The van der Waals surface area contributed by atoms with E-state index in [4.69, 9.17) is 16.3 Å². The van der Waals surface area contributed by atoms with Crippen molar-refractivity contribution in [2.45, 2.75) is 32.4 Å². The second kappa shape index (κ2) is 8.13. The van der Waals surface area contributed by atoms with Gasteiger partial charge in [0, 0.05) is 29.5 Å². The van der Waals surface area contributed by atoms with Crippen LogP contribution in [0.1, 0.15) is 30.6 Å². The van der Waals surface area contributed by atoms with Gasteiger partial charge in [-0.25, -0.2) is 9.78 Å². The van der Waals surface area contributed by atoms with E-state index in [0.717, 1.165) is 19.5 Å². The summed E-state index contributed by atoms with van der Waals surface area (Å²) in [6.07, 6.45) is 6.50. The van der Waals surface area contributed by atoms with Crippen molar-refractivity contribution in [3.05, 3.63) is 53.6 Å². The third kappa shape index (κ3) is 6.04.